The van der Waals surface area contributed by atoms with E-state index in [9.17, 15) is 4.79 Å². The molecule has 8 heteroatoms. The SMILES string of the molecule is CC(Sc1nnc(COc2ccc(Cl)cc2)o1)C(=O)NC1CC1. The molecule has 23 heavy (non-hydrogen) atoms. The molecule has 1 fully saturated rings. The number of benzene rings is 1. The van der Waals surface area contributed by atoms with Crippen molar-refractivity contribution in [3.63, 3.8) is 0 Å². The number of aromatic nitrogens is 2. The fraction of sp³-hybridized carbons (Fsp3) is 0.400. The van der Waals surface area contributed by atoms with Gasteiger partial charge in [0.15, 0.2) is 6.61 Å². The highest BCUT2D eigenvalue weighted by Gasteiger charge is 2.26. The van der Waals surface area contributed by atoms with Crippen LogP contribution in [0.1, 0.15) is 25.7 Å². The summed E-state index contributed by atoms with van der Waals surface area (Å²) in [6, 6.07) is 7.35. The number of nitrogens with one attached hydrogen (secondary N) is 1. The number of nitrogens with zero attached hydrogens (tertiary/aromatic N) is 2. The maximum atomic E-state index is 11.9. The largest absolute Gasteiger partial charge is 0.484 e. The topological polar surface area (TPSA) is 77.2 Å². The highest BCUT2D eigenvalue weighted by Crippen LogP contribution is 2.25. The minimum absolute atomic E-state index is 0.00494. The lowest BCUT2D eigenvalue weighted by Crippen LogP contribution is -2.32. The number of carbonyl (C=O) groups is 1. The summed E-state index contributed by atoms with van der Waals surface area (Å²) in [5.74, 6) is 1.02. The molecule has 1 aliphatic rings. The van der Waals surface area contributed by atoms with E-state index >= 15 is 0 Å². The Hall–Kier alpha value is -1.73. The van der Waals surface area contributed by atoms with E-state index in [-0.39, 0.29) is 17.8 Å². The summed E-state index contributed by atoms with van der Waals surface area (Å²) in [5, 5.41) is 11.5. The van der Waals surface area contributed by atoms with Crippen LogP contribution in [0.2, 0.25) is 5.02 Å². The highest BCUT2D eigenvalue weighted by atomic mass is 35.5. The first-order valence-electron chi connectivity index (χ1n) is 7.28. The number of carbonyl (C=O) groups excluding carboxylic acids is 1. The van der Waals surface area contributed by atoms with Gasteiger partial charge in [-0.2, -0.15) is 0 Å². The normalized spacial score (nSPS) is 15.2. The Morgan fingerprint density at radius 2 is 2.17 bits per heavy atom. The summed E-state index contributed by atoms with van der Waals surface area (Å²) >= 11 is 7.05. The van der Waals surface area contributed by atoms with Crippen LogP contribution in [0, 0.1) is 0 Å². The molecule has 1 heterocycles. The molecular weight excluding hydrogens is 338 g/mol. The molecule has 1 aromatic heterocycles. The van der Waals surface area contributed by atoms with Gasteiger partial charge in [-0.05, 0) is 44.0 Å². The van der Waals surface area contributed by atoms with Gasteiger partial charge in [0.2, 0.25) is 5.91 Å². The van der Waals surface area contributed by atoms with E-state index in [0.717, 1.165) is 12.8 Å². The summed E-state index contributed by atoms with van der Waals surface area (Å²) < 4.78 is 11.0. The van der Waals surface area contributed by atoms with Crippen molar-refractivity contribution in [2.75, 3.05) is 0 Å². The van der Waals surface area contributed by atoms with Crippen LogP contribution >= 0.6 is 23.4 Å². The molecule has 1 atom stereocenters. The van der Waals surface area contributed by atoms with Crippen LogP contribution in [0.5, 0.6) is 5.75 Å². The van der Waals surface area contributed by atoms with E-state index < -0.39 is 0 Å². The molecule has 3 rings (SSSR count). The van der Waals surface area contributed by atoms with Gasteiger partial charge in [-0.1, -0.05) is 23.4 Å². The summed E-state index contributed by atoms with van der Waals surface area (Å²) in [6.45, 7) is 1.98. The van der Waals surface area contributed by atoms with Gasteiger partial charge in [0, 0.05) is 11.1 Å². The minimum Gasteiger partial charge on any atom is -0.484 e. The fourth-order valence-corrected chi connectivity index (χ4v) is 2.61. The molecule has 0 aliphatic heterocycles. The van der Waals surface area contributed by atoms with Crippen LogP contribution < -0.4 is 10.1 Å². The molecule has 0 spiro atoms. The van der Waals surface area contributed by atoms with Crippen molar-refractivity contribution in [1.29, 1.82) is 0 Å². The molecule has 0 bridgehead atoms. The third kappa shape index (κ3) is 4.87. The molecule has 1 saturated carbocycles. The smallest absolute Gasteiger partial charge is 0.277 e. The number of halogens is 1. The van der Waals surface area contributed by atoms with Gasteiger partial charge in [-0.15, -0.1) is 10.2 Å². The standard InChI is InChI=1S/C15H16ClN3O3S/c1-9(14(20)17-11-4-5-11)23-15-19-18-13(22-15)8-21-12-6-2-10(16)3-7-12/h2-3,6-7,9,11H,4-5,8H2,1H3,(H,17,20). The second-order valence-electron chi connectivity index (χ2n) is 5.25. The lowest BCUT2D eigenvalue weighted by Gasteiger charge is -2.08. The van der Waals surface area contributed by atoms with Crippen LogP contribution in [0.25, 0.3) is 0 Å². The minimum atomic E-state index is -0.277. The number of thioether (sulfide) groups is 1. The molecule has 0 saturated heterocycles. The Kier molecular flexibility index (Phi) is 5.07. The van der Waals surface area contributed by atoms with Gasteiger partial charge in [0.05, 0.1) is 5.25 Å². The molecule has 122 valence electrons. The molecule has 1 aromatic carbocycles. The molecule has 1 N–H and O–H groups in total. The highest BCUT2D eigenvalue weighted by molar-refractivity contribution is 8.00. The van der Waals surface area contributed by atoms with Gasteiger partial charge in [0.1, 0.15) is 5.75 Å². The second-order valence-corrected chi connectivity index (χ2v) is 6.98. The maximum Gasteiger partial charge on any atom is 0.277 e. The first-order valence-corrected chi connectivity index (χ1v) is 8.53. The Bertz CT molecular complexity index is 673. The lowest BCUT2D eigenvalue weighted by molar-refractivity contribution is -0.120. The molecule has 6 nitrogen and oxygen atoms in total. The van der Waals surface area contributed by atoms with Crippen molar-refractivity contribution in [3.8, 4) is 5.75 Å². The Labute approximate surface area is 142 Å². The number of ether oxygens (including phenoxy) is 1. The zero-order valence-corrected chi connectivity index (χ0v) is 14.1. The third-order valence-corrected chi connectivity index (χ3v) is 4.38. The van der Waals surface area contributed by atoms with Crippen molar-refractivity contribution < 1.29 is 13.9 Å². The summed E-state index contributed by atoms with van der Waals surface area (Å²) in [5.41, 5.74) is 0. The molecule has 2 aromatic rings. The zero-order valence-electron chi connectivity index (χ0n) is 12.5. The summed E-state index contributed by atoms with van der Waals surface area (Å²) in [7, 11) is 0. The van der Waals surface area contributed by atoms with E-state index in [2.05, 4.69) is 15.5 Å². The average Bonchev–Trinajstić information content (AvgIpc) is 3.24. The Balaban J connectivity index is 1.49. The number of hydrogen-bond acceptors (Lipinski definition) is 6. The molecule has 1 amide bonds. The number of hydrogen-bond donors (Lipinski definition) is 1. The number of amides is 1. The first kappa shape index (κ1) is 16.1. The number of rotatable bonds is 7. The third-order valence-electron chi connectivity index (χ3n) is 3.19. The molecular formula is C15H16ClN3O3S. The van der Waals surface area contributed by atoms with Crippen molar-refractivity contribution in [2.24, 2.45) is 0 Å². The molecule has 1 aliphatic carbocycles. The zero-order chi connectivity index (χ0) is 16.2. The van der Waals surface area contributed by atoms with E-state index in [1.165, 1.54) is 11.8 Å². The van der Waals surface area contributed by atoms with E-state index in [4.69, 9.17) is 20.8 Å². The Morgan fingerprint density at radius 1 is 1.43 bits per heavy atom. The Morgan fingerprint density at radius 3 is 2.87 bits per heavy atom. The van der Waals surface area contributed by atoms with Crippen molar-refractivity contribution in [1.82, 2.24) is 15.5 Å². The van der Waals surface area contributed by atoms with E-state index in [1.54, 1.807) is 24.3 Å². The summed E-state index contributed by atoms with van der Waals surface area (Å²) in [6.07, 6.45) is 2.13. The van der Waals surface area contributed by atoms with Crippen LogP contribution in [0.15, 0.2) is 33.9 Å². The predicted octanol–water partition coefficient (Wildman–Crippen LogP) is 3.06. The van der Waals surface area contributed by atoms with Crippen molar-refractivity contribution in [3.05, 3.63) is 35.2 Å². The fourth-order valence-electron chi connectivity index (χ4n) is 1.77. The van der Waals surface area contributed by atoms with Crippen molar-refractivity contribution >= 4 is 29.3 Å². The van der Waals surface area contributed by atoms with Gasteiger partial charge < -0.3 is 14.5 Å². The molecule has 1 unspecified atom stereocenters. The van der Waals surface area contributed by atoms with Crippen LogP contribution in [-0.2, 0) is 11.4 Å². The van der Waals surface area contributed by atoms with Crippen LogP contribution in [0.4, 0.5) is 0 Å². The van der Waals surface area contributed by atoms with Crippen LogP contribution in [-0.4, -0.2) is 27.4 Å². The monoisotopic (exact) mass is 353 g/mol. The first-order chi connectivity index (χ1) is 11.1. The molecule has 0 radical (unpaired) electrons. The lowest BCUT2D eigenvalue weighted by atomic mass is 10.3. The van der Waals surface area contributed by atoms with Gasteiger partial charge >= 0.3 is 0 Å². The maximum absolute atomic E-state index is 11.9. The van der Waals surface area contributed by atoms with E-state index in [1.807, 2.05) is 6.92 Å². The van der Waals surface area contributed by atoms with Crippen molar-refractivity contribution in [2.45, 2.75) is 42.9 Å². The quantitative estimate of drug-likeness (QED) is 0.771. The second kappa shape index (κ2) is 7.23. The van der Waals surface area contributed by atoms with Gasteiger partial charge in [-0.25, -0.2) is 0 Å². The van der Waals surface area contributed by atoms with Gasteiger partial charge in [-0.3, -0.25) is 4.79 Å². The predicted molar refractivity (Wildman–Crippen MR) is 86.6 cm³/mol. The summed E-state index contributed by atoms with van der Waals surface area (Å²) in [4.78, 5) is 11.9. The van der Waals surface area contributed by atoms with Crippen LogP contribution in [0.3, 0.4) is 0 Å². The van der Waals surface area contributed by atoms with Gasteiger partial charge in [0.25, 0.3) is 11.1 Å². The average molecular weight is 354 g/mol. The van der Waals surface area contributed by atoms with E-state index in [0.29, 0.717) is 27.9 Å².